The Morgan fingerprint density at radius 3 is 2.14 bits per heavy atom. The van der Waals surface area contributed by atoms with E-state index in [4.69, 9.17) is 37.7 Å². The second-order valence-electron chi connectivity index (χ2n) is 8.18. The maximum Gasteiger partial charge on any atom is 0.260 e. The molecule has 2 aromatic heterocycles. The third kappa shape index (κ3) is 4.83. The second-order valence-corrected chi connectivity index (χ2v) is 8.94. The van der Waals surface area contributed by atoms with E-state index in [1.807, 2.05) is 60.7 Å². The summed E-state index contributed by atoms with van der Waals surface area (Å²) in [6.45, 7) is 0.280. The zero-order valence-electron chi connectivity index (χ0n) is 20.0. The fourth-order valence-corrected chi connectivity index (χ4v) is 4.79. The van der Waals surface area contributed by atoms with E-state index in [1.54, 1.807) is 22.9 Å². The number of methoxy groups -OCH3 is 2. The molecular weight excluding hydrogens is 511 g/mol. The molecule has 0 saturated carbocycles. The van der Waals surface area contributed by atoms with Gasteiger partial charge in [-0.25, -0.2) is 4.98 Å². The normalized spacial score (nSPS) is 10.9. The molecule has 186 valence electrons. The molecule has 0 aliphatic rings. The highest BCUT2D eigenvalue weighted by Crippen LogP contribution is 2.45. The third-order valence-corrected chi connectivity index (χ3v) is 6.63. The number of hydrogen-bond donors (Lipinski definition) is 1. The van der Waals surface area contributed by atoms with Gasteiger partial charge in [0.25, 0.3) is 5.56 Å². The van der Waals surface area contributed by atoms with Crippen LogP contribution in [0.4, 0.5) is 11.6 Å². The SMILES string of the molecule is COc1cc(OC)c(Cl)c(-c2cc3cnc(Nc4ccccc4)nc3n(Cc3ccccc3)c2=O)c1Cl. The zero-order valence-corrected chi connectivity index (χ0v) is 21.5. The summed E-state index contributed by atoms with van der Waals surface area (Å²) in [5, 5.41) is 4.24. The van der Waals surface area contributed by atoms with Gasteiger partial charge in [-0.15, -0.1) is 0 Å². The Labute approximate surface area is 223 Å². The first-order valence-electron chi connectivity index (χ1n) is 11.4. The van der Waals surface area contributed by atoms with Gasteiger partial charge in [-0.2, -0.15) is 4.98 Å². The quantitative estimate of drug-likeness (QED) is 0.255. The predicted molar refractivity (Wildman–Crippen MR) is 148 cm³/mol. The first kappa shape index (κ1) is 24.6. The summed E-state index contributed by atoms with van der Waals surface area (Å²) in [6.07, 6.45) is 1.66. The number of pyridine rings is 1. The molecule has 37 heavy (non-hydrogen) atoms. The molecule has 3 aromatic carbocycles. The number of ether oxygens (including phenoxy) is 2. The second kappa shape index (κ2) is 10.5. The largest absolute Gasteiger partial charge is 0.495 e. The van der Waals surface area contributed by atoms with Gasteiger partial charge in [0.15, 0.2) is 0 Å². The van der Waals surface area contributed by atoms with Gasteiger partial charge in [-0.1, -0.05) is 71.7 Å². The topological polar surface area (TPSA) is 78.3 Å². The smallest absolute Gasteiger partial charge is 0.260 e. The van der Waals surface area contributed by atoms with E-state index >= 15 is 0 Å². The van der Waals surface area contributed by atoms with Crippen LogP contribution in [-0.4, -0.2) is 28.8 Å². The van der Waals surface area contributed by atoms with Crippen molar-refractivity contribution in [3.63, 3.8) is 0 Å². The van der Waals surface area contributed by atoms with Crippen LogP contribution in [-0.2, 0) is 6.54 Å². The van der Waals surface area contributed by atoms with Gasteiger partial charge in [0.2, 0.25) is 5.95 Å². The van der Waals surface area contributed by atoms with E-state index in [0.717, 1.165) is 11.3 Å². The summed E-state index contributed by atoms with van der Waals surface area (Å²) in [5.74, 6) is 1.04. The van der Waals surface area contributed by atoms with Crippen LogP contribution in [0.15, 0.2) is 83.8 Å². The highest BCUT2D eigenvalue weighted by molar-refractivity contribution is 6.41. The van der Waals surface area contributed by atoms with Crippen LogP contribution in [0.25, 0.3) is 22.2 Å². The van der Waals surface area contributed by atoms with Crippen molar-refractivity contribution in [1.29, 1.82) is 0 Å². The average Bonchev–Trinajstić information content (AvgIpc) is 2.92. The van der Waals surface area contributed by atoms with Gasteiger partial charge < -0.3 is 14.8 Å². The predicted octanol–water partition coefficient (Wildman–Crippen LogP) is 6.57. The maximum absolute atomic E-state index is 14.0. The van der Waals surface area contributed by atoms with Gasteiger partial charge >= 0.3 is 0 Å². The molecule has 0 saturated heterocycles. The molecular formula is C28H22Cl2N4O3. The van der Waals surface area contributed by atoms with Crippen molar-refractivity contribution in [2.75, 3.05) is 19.5 Å². The monoisotopic (exact) mass is 532 g/mol. The van der Waals surface area contributed by atoms with E-state index in [2.05, 4.69) is 10.3 Å². The molecule has 5 rings (SSSR count). The van der Waals surface area contributed by atoms with Crippen LogP contribution in [0.2, 0.25) is 10.0 Å². The first-order chi connectivity index (χ1) is 18.0. The molecule has 0 spiro atoms. The average molecular weight is 533 g/mol. The fourth-order valence-electron chi connectivity index (χ4n) is 4.08. The highest BCUT2D eigenvalue weighted by Gasteiger charge is 2.23. The van der Waals surface area contributed by atoms with Crippen LogP contribution in [0.5, 0.6) is 11.5 Å². The van der Waals surface area contributed by atoms with Crippen molar-refractivity contribution in [1.82, 2.24) is 14.5 Å². The Morgan fingerprint density at radius 1 is 0.892 bits per heavy atom. The van der Waals surface area contributed by atoms with Gasteiger partial charge in [0.1, 0.15) is 17.1 Å². The number of para-hydroxylation sites is 1. The van der Waals surface area contributed by atoms with Crippen molar-refractivity contribution >= 4 is 45.9 Å². The van der Waals surface area contributed by atoms with Crippen molar-refractivity contribution in [3.05, 3.63) is 105 Å². The number of anilines is 2. The molecule has 9 heteroatoms. The molecule has 0 bridgehead atoms. The number of nitrogens with one attached hydrogen (secondary N) is 1. The number of benzene rings is 3. The van der Waals surface area contributed by atoms with Gasteiger partial charge in [-0.05, 0) is 23.8 Å². The Bertz CT molecular complexity index is 1610. The zero-order chi connectivity index (χ0) is 25.9. The maximum atomic E-state index is 14.0. The van der Waals surface area contributed by atoms with Crippen LogP contribution in [0, 0.1) is 0 Å². The van der Waals surface area contributed by atoms with E-state index in [-0.39, 0.29) is 27.7 Å². The van der Waals surface area contributed by atoms with Gasteiger partial charge in [0.05, 0.1) is 36.4 Å². The standard InChI is InChI=1S/C28H22Cl2N4O3/c1-36-21-14-22(37-2)25(30)23(24(21)29)20-13-18-15-31-28(32-19-11-7-4-8-12-19)33-26(18)34(27(20)35)16-17-9-5-3-6-10-17/h3-15H,16H2,1-2H3,(H,31,32,33). The molecule has 0 unspecified atom stereocenters. The van der Waals surface area contributed by atoms with Crippen molar-refractivity contribution in [3.8, 4) is 22.6 Å². The summed E-state index contributed by atoms with van der Waals surface area (Å²) in [7, 11) is 2.98. The summed E-state index contributed by atoms with van der Waals surface area (Å²) < 4.78 is 12.4. The summed E-state index contributed by atoms with van der Waals surface area (Å²) in [5.41, 5.74) is 2.51. The van der Waals surface area contributed by atoms with Crippen LogP contribution < -0.4 is 20.3 Å². The molecule has 0 amide bonds. The van der Waals surface area contributed by atoms with Crippen LogP contribution in [0.1, 0.15) is 5.56 Å². The molecule has 2 heterocycles. The fraction of sp³-hybridized carbons (Fsp3) is 0.107. The summed E-state index contributed by atoms with van der Waals surface area (Å²) in [4.78, 5) is 23.2. The molecule has 5 aromatic rings. The molecule has 0 aliphatic heterocycles. The lowest BCUT2D eigenvalue weighted by Gasteiger charge is -2.17. The number of halogens is 2. The van der Waals surface area contributed by atoms with E-state index < -0.39 is 0 Å². The highest BCUT2D eigenvalue weighted by atomic mass is 35.5. The Hall–Kier alpha value is -4.07. The van der Waals surface area contributed by atoms with E-state index in [1.165, 1.54) is 14.2 Å². The van der Waals surface area contributed by atoms with Crippen molar-refractivity contribution in [2.24, 2.45) is 0 Å². The molecule has 7 nitrogen and oxygen atoms in total. The van der Waals surface area contributed by atoms with Crippen LogP contribution >= 0.6 is 23.2 Å². The molecule has 0 atom stereocenters. The molecule has 0 aliphatic carbocycles. The van der Waals surface area contributed by atoms with Crippen LogP contribution in [0.3, 0.4) is 0 Å². The third-order valence-electron chi connectivity index (χ3n) is 5.88. The molecule has 0 radical (unpaired) electrons. The molecule has 1 N–H and O–H groups in total. The lowest BCUT2D eigenvalue weighted by molar-refractivity contribution is 0.395. The minimum absolute atomic E-state index is 0.208. The summed E-state index contributed by atoms with van der Waals surface area (Å²) in [6, 6.07) is 22.5. The van der Waals surface area contributed by atoms with Crippen molar-refractivity contribution in [2.45, 2.75) is 6.54 Å². The van der Waals surface area contributed by atoms with E-state index in [9.17, 15) is 4.79 Å². The summed E-state index contributed by atoms with van der Waals surface area (Å²) >= 11 is 13.3. The number of fused-ring (bicyclic) bond motifs is 1. The van der Waals surface area contributed by atoms with Crippen molar-refractivity contribution < 1.29 is 9.47 Å². The molecule has 0 fully saturated rings. The number of aromatic nitrogens is 3. The Kier molecular flexibility index (Phi) is 6.99. The van der Waals surface area contributed by atoms with Gasteiger partial charge in [0, 0.05) is 28.9 Å². The lowest BCUT2D eigenvalue weighted by Crippen LogP contribution is -2.24. The van der Waals surface area contributed by atoms with Gasteiger partial charge in [-0.3, -0.25) is 9.36 Å². The first-order valence-corrected chi connectivity index (χ1v) is 12.1. The Morgan fingerprint density at radius 2 is 1.51 bits per heavy atom. The number of hydrogen-bond acceptors (Lipinski definition) is 6. The minimum Gasteiger partial charge on any atom is -0.495 e. The Balaban J connectivity index is 1.76. The lowest BCUT2D eigenvalue weighted by atomic mass is 10.0. The number of rotatable bonds is 7. The van der Waals surface area contributed by atoms with E-state index in [0.29, 0.717) is 34.0 Å². The minimum atomic E-state index is -0.320. The number of nitrogens with zero attached hydrogens (tertiary/aromatic N) is 3.